The van der Waals surface area contributed by atoms with Crippen LogP contribution >= 0.6 is 0 Å². The minimum Gasteiger partial charge on any atom is -0.316 e. The van der Waals surface area contributed by atoms with E-state index in [1.807, 2.05) is 40.0 Å². The number of benzene rings is 1. The lowest BCUT2D eigenvalue weighted by atomic mass is 10.1. The number of hydrogen-bond donors (Lipinski definition) is 1. The molecule has 0 aliphatic carbocycles. The van der Waals surface area contributed by atoms with Crippen LogP contribution in [0.2, 0.25) is 0 Å². The van der Waals surface area contributed by atoms with Gasteiger partial charge >= 0.3 is 0 Å². The summed E-state index contributed by atoms with van der Waals surface area (Å²) >= 11 is 0. The van der Waals surface area contributed by atoms with Crippen LogP contribution in [-0.2, 0) is 6.54 Å². The second-order valence-electron chi connectivity index (χ2n) is 2.60. The predicted molar refractivity (Wildman–Crippen MR) is 63.1 cm³/mol. The van der Waals surface area contributed by atoms with Gasteiger partial charge < -0.3 is 5.32 Å². The van der Waals surface area contributed by atoms with E-state index in [4.69, 9.17) is 0 Å². The van der Waals surface area contributed by atoms with Crippen LogP contribution in [0.3, 0.4) is 0 Å². The first-order valence-corrected chi connectivity index (χ1v) is 5.03. The number of hydrogen-bond acceptors (Lipinski definition) is 1. The summed E-state index contributed by atoms with van der Waals surface area (Å²) in [6.45, 7) is 6.77. The van der Waals surface area contributed by atoms with Crippen LogP contribution in [-0.4, -0.2) is 7.05 Å². The topological polar surface area (TPSA) is 12.0 Å². The smallest absolute Gasteiger partial charge is 0.0245 e. The van der Waals surface area contributed by atoms with Crippen molar-refractivity contribution < 1.29 is 0 Å². The molecule has 0 fully saturated rings. The van der Waals surface area contributed by atoms with Crippen LogP contribution in [0.25, 0.3) is 0 Å². The van der Waals surface area contributed by atoms with E-state index in [1.165, 1.54) is 5.56 Å². The Hall–Kier alpha value is -1.26. The van der Waals surface area contributed by atoms with Crippen LogP contribution in [0.1, 0.15) is 31.9 Å². The van der Waals surface area contributed by atoms with Crippen molar-refractivity contribution in [3.8, 4) is 11.8 Å². The van der Waals surface area contributed by atoms with Crippen LogP contribution in [0.15, 0.2) is 24.3 Å². The molecule has 1 rings (SSSR count). The van der Waals surface area contributed by atoms with E-state index in [-0.39, 0.29) is 0 Å². The van der Waals surface area contributed by atoms with Gasteiger partial charge in [0.2, 0.25) is 0 Å². The molecule has 0 aromatic heterocycles. The third-order valence-corrected chi connectivity index (χ3v) is 1.60. The van der Waals surface area contributed by atoms with Crippen molar-refractivity contribution >= 4 is 0 Å². The van der Waals surface area contributed by atoms with E-state index < -0.39 is 0 Å². The Morgan fingerprint density at radius 2 is 1.71 bits per heavy atom. The van der Waals surface area contributed by atoms with Crippen LogP contribution in [0.5, 0.6) is 0 Å². The monoisotopic (exact) mass is 189 g/mol. The molecule has 1 N–H and O–H groups in total. The SMILES string of the molecule is CC.CC#Cc1ccc(CNC)cc1. The Labute approximate surface area is 87.5 Å². The summed E-state index contributed by atoms with van der Waals surface area (Å²) in [4.78, 5) is 0. The average Bonchev–Trinajstić information content (AvgIpc) is 2.25. The van der Waals surface area contributed by atoms with Crippen molar-refractivity contribution in [1.82, 2.24) is 5.32 Å². The quantitative estimate of drug-likeness (QED) is 0.705. The molecule has 1 nitrogen and oxygen atoms in total. The standard InChI is InChI=1S/C11H13N.C2H6/c1-3-4-10-5-7-11(8-6-10)9-12-2;1-2/h5-8,12H,9H2,1-2H3;1-2H3. The van der Waals surface area contributed by atoms with Gasteiger partial charge in [0.1, 0.15) is 0 Å². The van der Waals surface area contributed by atoms with Crippen molar-refractivity contribution in [2.75, 3.05) is 7.05 Å². The summed E-state index contributed by atoms with van der Waals surface area (Å²) < 4.78 is 0. The van der Waals surface area contributed by atoms with Gasteiger partial charge in [0.15, 0.2) is 0 Å². The molecule has 1 heteroatoms. The minimum atomic E-state index is 0.917. The highest BCUT2D eigenvalue weighted by molar-refractivity contribution is 5.35. The normalized spacial score (nSPS) is 8.00. The van der Waals surface area contributed by atoms with Gasteiger partial charge in [0, 0.05) is 12.1 Å². The Bertz CT molecular complexity index is 287. The third kappa shape index (κ3) is 4.69. The van der Waals surface area contributed by atoms with Crippen molar-refractivity contribution in [2.24, 2.45) is 0 Å². The second kappa shape index (κ2) is 8.34. The number of nitrogens with one attached hydrogen (secondary N) is 1. The molecule has 76 valence electrons. The summed E-state index contributed by atoms with van der Waals surface area (Å²) in [7, 11) is 1.94. The molecule has 0 heterocycles. The van der Waals surface area contributed by atoms with Crippen molar-refractivity contribution in [2.45, 2.75) is 27.3 Å². The lowest BCUT2D eigenvalue weighted by Gasteiger charge is -1.98. The molecule has 0 aliphatic rings. The zero-order chi connectivity index (χ0) is 10.8. The van der Waals surface area contributed by atoms with E-state index >= 15 is 0 Å². The molecular formula is C13H19N. The fourth-order valence-electron chi connectivity index (χ4n) is 1.05. The van der Waals surface area contributed by atoms with Gasteiger partial charge in [-0.2, -0.15) is 0 Å². The van der Waals surface area contributed by atoms with Crippen LogP contribution < -0.4 is 5.32 Å². The van der Waals surface area contributed by atoms with Gasteiger partial charge in [-0.15, -0.1) is 5.92 Å². The van der Waals surface area contributed by atoms with Gasteiger partial charge in [-0.25, -0.2) is 0 Å². The largest absolute Gasteiger partial charge is 0.316 e. The molecule has 0 atom stereocenters. The van der Waals surface area contributed by atoms with E-state index in [1.54, 1.807) is 0 Å². The summed E-state index contributed by atoms with van der Waals surface area (Å²) in [5.74, 6) is 5.88. The predicted octanol–water partition coefficient (Wildman–Crippen LogP) is 2.80. The van der Waals surface area contributed by atoms with E-state index in [9.17, 15) is 0 Å². The Morgan fingerprint density at radius 3 is 2.14 bits per heavy atom. The average molecular weight is 189 g/mol. The van der Waals surface area contributed by atoms with Crippen LogP contribution in [0, 0.1) is 11.8 Å². The zero-order valence-corrected chi connectivity index (χ0v) is 9.52. The summed E-state index contributed by atoms with van der Waals surface area (Å²) in [5.41, 5.74) is 2.37. The summed E-state index contributed by atoms with van der Waals surface area (Å²) in [6.07, 6.45) is 0. The maximum Gasteiger partial charge on any atom is 0.0245 e. The Morgan fingerprint density at radius 1 is 1.14 bits per heavy atom. The van der Waals surface area contributed by atoms with Gasteiger partial charge in [-0.3, -0.25) is 0 Å². The highest BCUT2D eigenvalue weighted by atomic mass is 14.8. The van der Waals surface area contributed by atoms with E-state index in [0.29, 0.717) is 0 Å². The highest BCUT2D eigenvalue weighted by Gasteiger charge is 1.89. The molecule has 0 unspecified atom stereocenters. The molecule has 1 aromatic rings. The maximum absolute atomic E-state index is 3.10. The first-order chi connectivity index (χ1) is 6.86. The third-order valence-electron chi connectivity index (χ3n) is 1.60. The van der Waals surface area contributed by atoms with Crippen molar-refractivity contribution in [1.29, 1.82) is 0 Å². The molecule has 0 radical (unpaired) electrons. The fraction of sp³-hybridized carbons (Fsp3) is 0.385. The molecule has 0 amide bonds. The zero-order valence-electron chi connectivity index (χ0n) is 9.52. The molecular weight excluding hydrogens is 170 g/mol. The molecule has 0 bridgehead atoms. The van der Waals surface area contributed by atoms with Crippen molar-refractivity contribution in [3.63, 3.8) is 0 Å². The first-order valence-electron chi connectivity index (χ1n) is 5.03. The van der Waals surface area contributed by atoms with Gasteiger partial charge in [0.05, 0.1) is 0 Å². The Balaban J connectivity index is 0.000000791. The molecule has 1 aromatic carbocycles. The summed E-state index contributed by atoms with van der Waals surface area (Å²) in [6, 6.07) is 8.28. The Kier molecular flexibility index (Phi) is 7.59. The van der Waals surface area contributed by atoms with Crippen LogP contribution in [0.4, 0.5) is 0 Å². The van der Waals surface area contributed by atoms with E-state index in [0.717, 1.165) is 12.1 Å². The lowest BCUT2D eigenvalue weighted by molar-refractivity contribution is 0.818. The fourth-order valence-corrected chi connectivity index (χ4v) is 1.05. The lowest BCUT2D eigenvalue weighted by Crippen LogP contribution is -2.04. The maximum atomic E-state index is 3.10. The van der Waals surface area contributed by atoms with Gasteiger partial charge in [0.25, 0.3) is 0 Å². The molecule has 0 aliphatic heterocycles. The van der Waals surface area contributed by atoms with Gasteiger partial charge in [-0.1, -0.05) is 31.9 Å². The highest BCUT2D eigenvalue weighted by Crippen LogP contribution is 2.02. The second-order valence-corrected chi connectivity index (χ2v) is 2.60. The molecule has 0 saturated carbocycles. The van der Waals surface area contributed by atoms with Crippen molar-refractivity contribution in [3.05, 3.63) is 35.4 Å². The number of rotatable bonds is 2. The van der Waals surface area contributed by atoms with E-state index in [2.05, 4.69) is 29.3 Å². The first kappa shape index (κ1) is 12.7. The molecule has 0 spiro atoms. The minimum absolute atomic E-state index is 0.917. The molecule has 14 heavy (non-hydrogen) atoms. The summed E-state index contributed by atoms with van der Waals surface area (Å²) in [5, 5.41) is 3.10. The van der Waals surface area contributed by atoms with Gasteiger partial charge in [-0.05, 0) is 31.7 Å². The molecule has 0 saturated heterocycles.